The summed E-state index contributed by atoms with van der Waals surface area (Å²) >= 11 is 11.9. The zero-order valence-corrected chi connectivity index (χ0v) is 10.6. The van der Waals surface area contributed by atoms with Crippen molar-refractivity contribution in [3.05, 3.63) is 27.7 Å². The molecule has 96 valence electrons. The highest BCUT2D eigenvalue weighted by Crippen LogP contribution is 2.40. The van der Waals surface area contributed by atoms with E-state index in [9.17, 15) is 9.59 Å². The highest BCUT2D eigenvalue weighted by atomic mass is 35.5. The molecule has 4 N–H and O–H groups in total. The molecule has 1 amide bonds. The number of carbonyl (C=O) groups is 2. The van der Waals surface area contributed by atoms with E-state index in [1.807, 2.05) is 0 Å². The van der Waals surface area contributed by atoms with Crippen molar-refractivity contribution >= 4 is 40.8 Å². The lowest BCUT2D eigenvalue weighted by Gasteiger charge is -2.30. The molecule has 0 fully saturated rings. The van der Waals surface area contributed by atoms with Gasteiger partial charge in [-0.15, -0.1) is 0 Å². The molecule has 7 heteroatoms. The number of carboxylic acids is 1. The molecule has 1 aromatic carbocycles. The Labute approximate surface area is 113 Å². The van der Waals surface area contributed by atoms with Crippen LogP contribution in [0.4, 0.5) is 5.69 Å². The smallest absolute Gasteiger partial charge is 0.326 e. The zero-order valence-electron chi connectivity index (χ0n) is 9.11. The standard InChI is InChI=1S/C11H10Cl2N2O3/c12-4-1-6(13)9-5(10(14)16)3-8(11(17)18)15-7(9)2-4/h1-2,5,8,15H,3H2,(H2,14,16)(H,17,18)/t5-,8-/m0/s1. The number of benzene rings is 1. The van der Waals surface area contributed by atoms with Crippen molar-refractivity contribution in [1.82, 2.24) is 0 Å². The van der Waals surface area contributed by atoms with Crippen molar-refractivity contribution < 1.29 is 14.7 Å². The molecule has 0 saturated heterocycles. The van der Waals surface area contributed by atoms with Gasteiger partial charge in [0.05, 0.1) is 5.92 Å². The van der Waals surface area contributed by atoms with Gasteiger partial charge in [-0.25, -0.2) is 4.79 Å². The zero-order chi connectivity index (χ0) is 13.4. The molecule has 0 bridgehead atoms. The average molecular weight is 289 g/mol. The van der Waals surface area contributed by atoms with Gasteiger partial charge in [0.25, 0.3) is 0 Å². The predicted molar refractivity (Wildman–Crippen MR) is 68.1 cm³/mol. The second kappa shape index (κ2) is 4.66. The fraction of sp³-hybridized carbons (Fsp3) is 0.273. The Morgan fingerprint density at radius 3 is 2.61 bits per heavy atom. The quantitative estimate of drug-likeness (QED) is 0.774. The van der Waals surface area contributed by atoms with E-state index in [4.69, 9.17) is 34.0 Å². The minimum absolute atomic E-state index is 0.0685. The van der Waals surface area contributed by atoms with Gasteiger partial charge >= 0.3 is 5.97 Å². The molecule has 0 spiro atoms. The Balaban J connectivity index is 2.54. The lowest BCUT2D eigenvalue weighted by molar-refractivity contribution is -0.138. The number of hydrogen-bond donors (Lipinski definition) is 3. The van der Waals surface area contributed by atoms with Crippen molar-refractivity contribution in [2.75, 3.05) is 5.32 Å². The summed E-state index contributed by atoms with van der Waals surface area (Å²) in [5.41, 5.74) is 6.25. The van der Waals surface area contributed by atoms with Gasteiger partial charge in [0.1, 0.15) is 6.04 Å². The number of nitrogens with two attached hydrogens (primary N) is 1. The largest absolute Gasteiger partial charge is 0.480 e. The lowest BCUT2D eigenvalue weighted by Crippen LogP contribution is -2.39. The van der Waals surface area contributed by atoms with Gasteiger partial charge in [-0.05, 0) is 18.6 Å². The van der Waals surface area contributed by atoms with Crippen LogP contribution in [0.1, 0.15) is 17.9 Å². The molecule has 0 unspecified atom stereocenters. The number of halogens is 2. The van der Waals surface area contributed by atoms with Crippen LogP contribution in [0.5, 0.6) is 0 Å². The molecule has 0 saturated carbocycles. The van der Waals surface area contributed by atoms with Crippen LogP contribution in [-0.2, 0) is 9.59 Å². The molecule has 18 heavy (non-hydrogen) atoms. The second-order valence-electron chi connectivity index (χ2n) is 4.07. The molecule has 2 rings (SSSR count). The molecule has 0 aliphatic carbocycles. The van der Waals surface area contributed by atoms with Crippen molar-refractivity contribution in [1.29, 1.82) is 0 Å². The third kappa shape index (κ3) is 2.23. The second-order valence-corrected chi connectivity index (χ2v) is 4.92. The van der Waals surface area contributed by atoms with Crippen molar-refractivity contribution in [3.8, 4) is 0 Å². The van der Waals surface area contributed by atoms with E-state index in [0.29, 0.717) is 21.3 Å². The molecule has 1 heterocycles. The van der Waals surface area contributed by atoms with Gasteiger partial charge < -0.3 is 16.2 Å². The van der Waals surface area contributed by atoms with Crippen molar-refractivity contribution in [2.45, 2.75) is 18.4 Å². The monoisotopic (exact) mass is 288 g/mol. The molecule has 1 aliphatic heterocycles. The Morgan fingerprint density at radius 2 is 2.06 bits per heavy atom. The summed E-state index contributed by atoms with van der Waals surface area (Å²) in [6, 6.07) is 2.15. The normalized spacial score (nSPS) is 21.9. The Hall–Kier alpha value is -1.46. The van der Waals surface area contributed by atoms with E-state index >= 15 is 0 Å². The Kier molecular flexibility index (Phi) is 3.36. The molecule has 0 radical (unpaired) electrons. The fourth-order valence-electron chi connectivity index (χ4n) is 2.08. The molecular formula is C11H10Cl2N2O3. The molecule has 2 atom stereocenters. The maximum absolute atomic E-state index is 11.4. The summed E-state index contributed by atoms with van der Waals surface area (Å²) in [7, 11) is 0. The first-order valence-electron chi connectivity index (χ1n) is 5.17. The third-order valence-electron chi connectivity index (χ3n) is 2.89. The van der Waals surface area contributed by atoms with E-state index in [0.717, 1.165) is 0 Å². The number of hydrogen-bond acceptors (Lipinski definition) is 3. The number of carbonyl (C=O) groups excluding carboxylic acids is 1. The van der Waals surface area contributed by atoms with Gasteiger partial charge in [-0.2, -0.15) is 0 Å². The fourth-order valence-corrected chi connectivity index (χ4v) is 2.70. The summed E-state index contributed by atoms with van der Waals surface area (Å²) in [4.78, 5) is 22.5. The highest BCUT2D eigenvalue weighted by molar-refractivity contribution is 6.36. The van der Waals surface area contributed by atoms with Crippen LogP contribution in [0.3, 0.4) is 0 Å². The van der Waals surface area contributed by atoms with Crippen LogP contribution >= 0.6 is 23.2 Å². The number of aliphatic carboxylic acids is 1. The number of amides is 1. The number of carboxylic acid groups (broad SMARTS) is 1. The van der Waals surface area contributed by atoms with Gasteiger partial charge in [-0.1, -0.05) is 23.2 Å². The van der Waals surface area contributed by atoms with Gasteiger partial charge in [0.2, 0.25) is 5.91 Å². The lowest BCUT2D eigenvalue weighted by atomic mass is 9.86. The van der Waals surface area contributed by atoms with Crippen LogP contribution in [0.2, 0.25) is 10.0 Å². The summed E-state index contributed by atoms with van der Waals surface area (Å²) in [6.07, 6.45) is 0.0685. The highest BCUT2D eigenvalue weighted by Gasteiger charge is 2.35. The van der Waals surface area contributed by atoms with Gasteiger partial charge in [-0.3, -0.25) is 4.79 Å². The SMILES string of the molecule is NC(=O)[C@H]1C[C@@H](C(=O)O)Nc2cc(Cl)cc(Cl)c21. The van der Waals surface area contributed by atoms with E-state index in [1.54, 1.807) is 0 Å². The molecule has 1 aromatic rings. The predicted octanol–water partition coefficient (Wildman–Crippen LogP) is 1.83. The van der Waals surface area contributed by atoms with Gasteiger partial charge in [0, 0.05) is 21.3 Å². The van der Waals surface area contributed by atoms with E-state index in [2.05, 4.69) is 5.32 Å². The molecule has 1 aliphatic rings. The number of anilines is 1. The molecule has 0 aromatic heterocycles. The number of primary amides is 1. The van der Waals surface area contributed by atoms with Crippen LogP contribution in [-0.4, -0.2) is 23.0 Å². The summed E-state index contributed by atoms with van der Waals surface area (Å²) < 4.78 is 0. The van der Waals surface area contributed by atoms with E-state index in [1.165, 1.54) is 12.1 Å². The van der Waals surface area contributed by atoms with Crippen molar-refractivity contribution in [3.63, 3.8) is 0 Å². The number of rotatable bonds is 2. The average Bonchev–Trinajstić information content (AvgIpc) is 2.26. The minimum Gasteiger partial charge on any atom is -0.480 e. The van der Waals surface area contributed by atoms with E-state index < -0.39 is 23.8 Å². The van der Waals surface area contributed by atoms with Crippen molar-refractivity contribution in [2.24, 2.45) is 5.73 Å². The van der Waals surface area contributed by atoms with E-state index in [-0.39, 0.29) is 6.42 Å². The van der Waals surface area contributed by atoms with Crippen LogP contribution < -0.4 is 11.1 Å². The maximum Gasteiger partial charge on any atom is 0.326 e. The Bertz CT molecular complexity index is 533. The first-order valence-corrected chi connectivity index (χ1v) is 5.93. The first kappa shape index (κ1) is 13.0. The van der Waals surface area contributed by atoms with Gasteiger partial charge in [0.15, 0.2) is 0 Å². The summed E-state index contributed by atoms with van der Waals surface area (Å²) in [5.74, 6) is -2.39. The van der Waals surface area contributed by atoms with Crippen LogP contribution in [0, 0.1) is 0 Å². The summed E-state index contributed by atoms with van der Waals surface area (Å²) in [6.45, 7) is 0. The molecule has 5 nitrogen and oxygen atoms in total. The molecular weight excluding hydrogens is 279 g/mol. The number of fused-ring (bicyclic) bond motifs is 1. The minimum atomic E-state index is -1.05. The number of nitrogens with one attached hydrogen (secondary N) is 1. The maximum atomic E-state index is 11.4. The van der Waals surface area contributed by atoms with Crippen LogP contribution in [0.25, 0.3) is 0 Å². The van der Waals surface area contributed by atoms with Crippen LogP contribution in [0.15, 0.2) is 12.1 Å². The third-order valence-corrected chi connectivity index (χ3v) is 3.42. The first-order chi connectivity index (χ1) is 8.40. The Morgan fingerprint density at radius 1 is 1.39 bits per heavy atom. The topological polar surface area (TPSA) is 92.4 Å². The summed E-state index contributed by atoms with van der Waals surface area (Å²) in [5, 5.41) is 12.5.